The summed E-state index contributed by atoms with van der Waals surface area (Å²) >= 11 is 6.61. The minimum Gasteiger partial charge on any atom is -0.293 e. The minimum absolute atomic E-state index is 0.119. The van der Waals surface area contributed by atoms with Crippen LogP contribution in [0, 0.1) is 0 Å². The molecule has 3 heteroatoms. The number of ketones is 1. The normalized spacial score (nSPS) is 12.5. The molecule has 1 aromatic carbocycles. The fraction of sp³-hybridized carbons (Fsp3) is 0.300. The van der Waals surface area contributed by atoms with Crippen LogP contribution in [0.2, 0.25) is 0 Å². The van der Waals surface area contributed by atoms with Gasteiger partial charge >= 0.3 is 0 Å². The zero-order chi connectivity index (χ0) is 9.84. The van der Waals surface area contributed by atoms with E-state index in [0.29, 0.717) is 10.2 Å². The first-order chi connectivity index (χ1) is 6.15. The highest BCUT2D eigenvalue weighted by molar-refractivity contribution is 9.09. The molecule has 0 fully saturated rings. The van der Waals surface area contributed by atoms with Gasteiger partial charge in [-0.25, -0.2) is 0 Å². The topological polar surface area (TPSA) is 17.1 Å². The maximum absolute atomic E-state index is 11.2. The molecule has 0 radical (unpaired) electrons. The second-order valence-electron chi connectivity index (χ2n) is 2.79. The fourth-order valence-corrected chi connectivity index (χ4v) is 1.64. The van der Waals surface area contributed by atoms with Crippen molar-refractivity contribution in [3.8, 4) is 0 Å². The van der Waals surface area contributed by atoms with Crippen LogP contribution in [-0.2, 0) is 0 Å². The van der Waals surface area contributed by atoms with Gasteiger partial charge in [-0.05, 0) is 12.5 Å². The summed E-state index contributed by atoms with van der Waals surface area (Å²) in [4.78, 5) is 11.6. The van der Waals surface area contributed by atoms with Crippen molar-refractivity contribution >= 4 is 37.6 Å². The van der Waals surface area contributed by atoms with Crippen LogP contribution < -0.4 is 0 Å². The van der Waals surface area contributed by atoms with Crippen molar-refractivity contribution in [1.82, 2.24) is 0 Å². The van der Waals surface area contributed by atoms with Gasteiger partial charge in [0.25, 0.3) is 0 Å². The Hall–Kier alpha value is -0.150. The molecule has 0 bridgehead atoms. The lowest BCUT2D eigenvalue weighted by Gasteiger charge is -2.03. The molecule has 0 aliphatic rings. The number of alkyl halides is 2. The number of rotatable bonds is 3. The third-order valence-corrected chi connectivity index (χ3v) is 2.85. The number of hydrogen-bond acceptors (Lipinski definition) is 1. The van der Waals surface area contributed by atoms with Gasteiger partial charge in [0.15, 0.2) is 5.78 Å². The van der Waals surface area contributed by atoms with Crippen molar-refractivity contribution in [1.29, 1.82) is 0 Å². The zero-order valence-corrected chi connectivity index (χ0v) is 10.4. The van der Waals surface area contributed by atoms with E-state index >= 15 is 0 Å². The van der Waals surface area contributed by atoms with Gasteiger partial charge in [-0.1, -0.05) is 56.1 Å². The molecule has 1 unspecified atom stereocenters. The number of carbonyl (C=O) groups is 1. The number of benzene rings is 1. The Morgan fingerprint density at radius 1 is 1.38 bits per heavy atom. The van der Waals surface area contributed by atoms with Crippen LogP contribution in [0.3, 0.4) is 0 Å². The lowest BCUT2D eigenvalue weighted by Crippen LogP contribution is -1.99. The molecule has 0 N–H and O–H groups in total. The molecule has 1 aromatic rings. The molecule has 0 saturated heterocycles. The largest absolute Gasteiger partial charge is 0.293 e. The zero-order valence-electron chi connectivity index (χ0n) is 7.26. The highest BCUT2D eigenvalue weighted by Gasteiger charge is 2.04. The van der Waals surface area contributed by atoms with Crippen LogP contribution in [0.5, 0.6) is 0 Å². The van der Waals surface area contributed by atoms with E-state index in [1.54, 1.807) is 0 Å². The summed E-state index contributed by atoms with van der Waals surface area (Å²) in [5.41, 5.74) is 1.94. The Bertz CT molecular complexity index is 290. The summed E-state index contributed by atoms with van der Waals surface area (Å²) in [6.07, 6.45) is 0. The smallest absolute Gasteiger partial charge is 0.173 e. The fourth-order valence-electron chi connectivity index (χ4n) is 1.01. The molecule has 1 nitrogen and oxygen atoms in total. The molecular weight excluding hydrogens is 296 g/mol. The standard InChI is InChI=1S/C10H10Br2O/c1-7(12)8-2-4-9(5-3-8)10(13)6-11/h2-5,7H,6H2,1H3. The van der Waals surface area contributed by atoms with E-state index in [-0.39, 0.29) is 5.78 Å². The van der Waals surface area contributed by atoms with Crippen LogP contribution in [-0.4, -0.2) is 11.1 Å². The van der Waals surface area contributed by atoms with Crippen LogP contribution in [0.4, 0.5) is 0 Å². The molecule has 70 valence electrons. The predicted molar refractivity (Wildman–Crippen MR) is 61.9 cm³/mol. The molecule has 0 aliphatic carbocycles. The highest BCUT2D eigenvalue weighted by atomic mass is 79.9. The van der Waals surface area contributed by atoms with E-state index in [0.717, 1.165) is 5.56 Å². The van der Waals surface area contributed by atoms with E-state index in [4.69, 9.17) is 0 Å². The monoisotopic (exact) mass is 304 g/mol. The van der Waals surface area contributed by atoms with E-state index in [9.17, 15) is 4.79 Å². The average molecular weight is 306 g/mol. The van der Waals surface area contributed by atoms with Gasteiger partial charge < -0.3 is 0 Å². The van der Waals surface area contributed by atoms with Gasteiger partial charge in [-0.15, -0.1) is 0 Å². The van der Waals surface area contributed by atoms with Gasteiger partial charge in [0, 0.05) is 10.4 Å². The summed E-state index contributed by atoms with van der Waals surface area (Å²) in [5, 5.41) is 0.385. The van der Waals surface area contributed by atoms with Crippen molar-refractivity contribution in [3.05, 3.63) is 35.4 Å². The predicted octanol–water partition coefficient (Wildman–Crippen LogP) is 3.72. The number of carbonyl (C=O) groups excluding carboxylic acids is 1. The molecule has 0 aliphatic heterocycles. The van der Waals surface area contributed by atoms with Gasteiger partial charge in [-0.2, -0.15) is 0 Å². The van der Waals surface area contributed by atoms with Crippen molar-refractivity contribution in [3.63, 3.8) is 0 Å². The van der Waals surface area contributed by atoms with Crippen LogP contribution >= 0.6 is 31.9 Å². The summed E-state index contributed by atoms with van der Waals surface area (Å²) in [7, 11) is 0. The van der Waals surface area contributed by atoms with Crippen LogP contribution in [0.1, 0.15) is 27.7 Å². The minimum atomic E-state index is 0.119. The lowest BCUT2D eigenvalue weighted by molar-refractivity contribution is 0.102. The Kier molecular flexibility index (Phi) is 4.13. The van der Waals surface area contributed by atoms with Crippen molar-refractivity contribution in [2.45, 2.75) is 11.8 Å². The Morgan fingerprint density at radius 2 is 1.92 bits per heavy atom. The molecule has 0 saturated carbocycles. The first-order valence-corrected chi connectivity index (χ1v) is 6.02. The first-order valence-electron chi connectivity index (χ1n) is 3.98. The number of Topliss-reactive ketones (excluding diaryl/α,β-unsaturated/α-hetero) is 1. The first kappa shape index (κ1) is 10.9. The van der Waals surface area contributed by atoms with Gasteiger partial charge in [-0.3, -0.25) is 4.79 Å². The number of hydrogen-bond donors (Lipinski definition) is 0. The van der Waals surface area contributed by atoms with Crippen LogP contribution in [0.15, 0.2) is 24.3 Å². The second-order valence-corrected chi connectivity index (χ2v) is 4.73. The third-order valence-electron chi connectivity index (χ3n) is 1.81. The average Bonchev–Trinajstić information content (AvgIpc) is 2.17. The molecule has 0 aromatic heterocycles. The Labute approximate surface area is 94.8 Å². The van der Waals surface area contributed by atoms with E-state index < -0.39 is 0 Å². The lowest BCUT2D eigenvalue weighted by atomic mass is 10.1. The van der Waals surface area contributed by atoms with Crippen LogP contribution in [0.25, 0.3) is 0 Å². The summed E-state index contributed by atoms with van der Waals surface area (Å²) < 4.78 is 0. The SMILES string of the molecule is CC(Br)c1ccc(C(=O)CBr)cc1. The molecule has 0 heterocycles. The highest BCUT2D eigenvalue weighted by Crippen LogP contribution is 2.21. The van der Waals surface area contributed by atoms with Crippen molar-refractivity contribution in [2.24, 2.45) is 0 Å². The second kappa shape index (κ2) is 4.91. The van der Waals surface area contributed by atoms with Gasteiger partial charge in [0.1, 0.15) is 0 Å². The molecule has 0 spiro atoms. The summed E-state index contributed by atoms with van der Waals surface area (Å²) in [6, 6.07) is 7.65. The van der Waals surface area contributed by atoms with Crippen molar-refractivity contribution in [2.75, 3.05) is 5.33 Å². The van der Waals surface area contributed by atoms with Gasteiger partial charge in [0.2, 0.25) is 0 Å². The molecule has 1 rings (SSSR count). The number of halogens is 2. The van der Waals surface area contributed by atoms with E-state index in [2.05, 4.69) is 38.8 Å². The molecule has 1 atom stereocenters. The van der Waals surface area contributed by atoms with Crippen molar-refractivity contribution < 1.29 is 4.79 Å². The summed E-state index contributed by atoms with van der Waals surface area (Å²) in [5.74, 6) is 0.119. The molecular formula is C10H10Br2O. The Balaban J connectivity index is 2.87. The maximum atomic E-state index is 11.2. The van der Waals surface area contributed by atoms with Gasteiger partial charge in [0.05, 0.1) is 5.33 Å². The van der Waals surface area contributed by atoms with E-state index in [1.165, 1.54) is 5.56 Å². The molecule has 13 heavy (non-hydrogen) atoms. The third kappa shape index (κ3) is 2.92. The quantitative estimate of drug-likeness (QED) is 0.614. The summed E-state index contributed by atoms with van der Waals surface area (Å²) in [6.45, 7) is 2.06. The maximum Gasteiger partial charge on any atom is 0.173 e. The molecule has 0 amide bonds. The Morgan fingerprint density at radius 3 is 2.31 bits per heavy atom. The van der Waals surface area contributed by atoms with E-state index in [1.807, 2.05) is 24.3 Å².